The lowest BCUT2D eigenvalue weighted by molar-refractivity contribution is 0.660. The minimum Gasteiger partial charge on any atom is -0.311 e. The van der Waals surface area contributed by atoms with Gasteiger partial charge in [0.15, 0.2) is 0 Å². The lowest BCUT2D eigenvalue weighted by Crippen LogP contribution is -2.14. The number of fused-ring (bicyclic) bond motifs is 6. The summed E-state index contributed by atoms with van der Waals surface area (Å²) in [7, 11) is 0. The molecule has 1 aliphatic rings. The molecule has 0 bridgehead atoms. The molecule has 65 heavy (non-hydrogen) atoms. The SMILES string of the molecule is CC1(C)c2ccccc2-c2ccc(-c3ccc(N(c4ccc(-c5ccccc5)cc4)c4ccc(-c5cccc(-c6ccccc6-n6c7ccccc7c7ccccc76)c5)cc4)cc3)cc21. The summed E-state index contributed by atoms with van der Waals surface area (Å²) >= 11 is 0. The highest BCUT2D eigenvalue weighted by molar-refractivity contribution is 6.09. The Morgan fingerprint density at radius 3 is 1.37 bits per heavy atom. The molecular formula is C63H46N2. The summed E-state index contributed by atoms with van der Waals surface area (Å²) in [4.78, 5) is 2.36. The predicted octanol–water partition coefficient (Wildman–Crippen LogP) is 17.2. The number of benzene rings is 10. The van der Waals surface area contributed by atoms with E-state index in [0.29, 0.717) is 0 Å². The van der Waals surface area contributed by atoms with E-state index in [1.54, 1.807) is 0 Å². The lowest BCUT2D eigenvalue weighted by Gasteiger charge is -2.26. The number of para-hydroxylation sites is 3. The van der Waals surface area contributed by atoms with Crippen molar-refractivity contribution in [1.82, 2.24) is 4.57 Å². The van der Waals surface area contributed by atoms with Crippen LogP contribution in [0.2, 0.25) is 0 Å². The van der Waals surface area contributed by atoms with Gasteiger partial charge >= 0.3 is 0 Å². The van der Waals surface area contributed by atoms with Crippen molar-refractivity contribution in [1.29, 1.82) is 0 Å². The molecule has 308 valence electrons. The smallest absolute Gasteiger partial charge is 0.0541 e. The monoisotopic (exact) mass is 830 g/mol. The second kappa shape index (κ2) is 15.6. The number of nitrogens with zero attached hydrogens (tertiary/aromatic N) is 2. The summed E-state index contributed by atoms with van der Waals surface area (Å²) in [5, 5.41) is 2.53. The van der Waals surface area contributed by atoms with Crippen molar-refractivity contribution in [3.63, 3.8) is 0 Å². The Balaban J connectivity index is 0.895. The van der Waals surface area contributed by atoms with E-state index in [-0.39, 0.29) is 5.41 Å². The van der Waals surface area contributed by atoms with Gasteiger partial charge in [0.05, 0.1) is 16.7 Å². The van der Waals surface area contributed by atoms with E-state index in [1.165, 1.54) is 94.3 Å². The molecule has 2 nitrogen and oxygen atoms in total. The molecule has 0 unspecified atom stereocenters. The van der Waals surface area contributed by atoms with Gasteiger partial charge in [-0.25, -0.2) is 0 Å². The van der Waals surface area contributed by atoms with Crippen LogP contribution in [-0.2, 0) is 5.41 Å². The van der Waals surface area contributed by atoms with Crippen LogP contribution in [0, 0.1) is 0 Å². The minimum absolute atomic E-state index is 0.0456. The molecule has 0 amide bonds. The molecule has 1 heterocycles. The second-order valence-electron chi connectivity index (χ2n) is 17.7. The molecule has 12 rings (SSSR count). The Kier molecular flexibility index (Phi) is 9.21. The maximum absolute atomic E-state index is 2.42. The molecule has 1 aromatic heterocycles. The van der Waals surface area contributed by atoms with Gasteiger partial charge in [-0.15, -0.1) is 0 Å². The Morgan fingerprint density at radius 2 is 0.738 bits per heavy atom. The van der Waals surface area contributed by atoms with E-state index in [9.17, 15) is 0 Å². The summed E-state index contributed by atoms with van der Waals surface area (Å²) in [5.41, 5.74) is 21.9. The first kappa shape index (κ1) is 38.5. The van der Waals surface area contributed by atoms with Crippen molar-refractivity contribution in [3.8, 4) is 61.3 Å². The summed E-state index contributed by atoms with van der Waals surface area (Å²) in [5.74, 6) is 0. The second-order valence-corrected chi connectivity index (χ2v) is 17.7. The van der Waals surface area contributed by atoms with Crippen molar-refractivity contribution in [2.75, 3.05) is 4.90 Å². The van der Waals surface area contributed by atoms with E-state index in [0.717, 1.165) is 17.1 Å². The molecule has 0 N–H and O–H groups in total. The topological polar surface area (TPSA) is 8.17 Å². The predicted molar refractivity (Wildman–Crippen MR) is 275 cm³/mol. The number of anilines is 3. The van der Waals surface area contributed by atoms with Gasteiger partial charge in [0.1, 0.15) is 0 Å². The molecule has 0 saturated heterocycles. The van der Waals surface area contributed by atoms with E-state index in [1.807, 2.05) is 0 Å². The lowest BCUT2D eigenvalue weighted by atomic mass is 9.81. The minimum atomic E-state index is -0.0456. The summed E-state index contributed by atoms with van der Waals surface area (Å²) < 4.78 is 2.42. The summed E-state index contributed by atoms with van der Waals surface area (Å²) in [6.45, 7) is 4.70. The molecule has 1 aliphatic carbocycles. The molecule has 0 spiro atoms. The molecule has 11 aromatic rings. The van der Waals surface area contributed by atoms with Crippen LogP contribution < -0.4 is 4.90 Å². The van der Waals surface area contributed by atoms with Crippen LogP contribution in [0.25, 0.3) is 83.1 Å². The maximum Gasteiger partial charge on any atom is 0.0541 e. The Hall–Kier alpha value is -8.20. The fourth-order valence-corrected chi connectivity index (χ4v) is 10.3. The molecule has 0 aliphatic heterocycles. The van der Waals surface area contributed by atoms with Crippen molar-refractivity contribution >= 4 is 38.9 Å². The molecular weight excluding hydrogens is 785 g/mol. The fourth-order valence-electron chi connectivity index (χ4n) is 10.3. The molecule has 0 radical (unpaired) electrons. The Morgan fingerprint density at radius 1 is 0.308 bits per heavy atom. The number of rotatable bonds is 8. The van der Waals surface area contributed by atoms with Gasteiger partial charge in [-0.3, -0.25) is 0 Å². The fraction of sp³-hybridized carbons (Fsp3) is 0.0476. The van der Waals surface area contributed by atoms with E-state index >= 15 is 0 Å². The highest BCUT2D eigenvalue weighted by Gasteiger charge is 2.35. The zero-order valence-electron chi connectivity index (χ0n) is 36.5. The van der Waals surface area contributed by atoms with E-state index < -0.39 is 0 Å². The highest BCUT2D eigenvalue weighted by Crippen LogP contribution is 2.50. The van der Waals surface area contributed by atoms with Gasteiger partial charge in [0.2, 0.25) is 0 Å². The molecule has 0 atom stereocenters. The third-order valence-corrected chi connectivity index (χ3v) is 13.6. The number of hydrogen-bond donors (Lipinski definition) is 0. The van der Waals surface area contributed by atoms with Gasteiger partial charge in [-0.05, 0) is 128 Å². The number of aromatic nitrogens is 1. The first-order chi connectivity index (χ1) is 32.0. The Labute approximate surface area is 381 Å². The van der Waals surface area contributed by atoms with Crippen LogP contribution in [0.1, 0.15) is 25.0 Å². The van der Waals surface area contributed by atoms with Crippen molar-refractivity contribution in [3.05, 3.63) is 254 Å². The van der Waals surface area contributed by atoms with Gasteiger partial charge in [0, 0.05) is 38.8 Å². The molecule has 0 saturated carbocycles. The number of hydrogen-bond acceptors (Lipinski definition) is 1. The summed E-state index contributed by atoms with van der Waals surface area (Å²) in [6, 6.07) is 88.7. The normalized spacial score (nSPS) is 12.6. The van der Waals surface area contributed by atoms with Gasteiger partial charge in [0.25, 0.3) is 0 Å². The quantitative estimate of drug-likeness (QED) is 0.148. The molecule has 0 fully saturated rings. The van der Waals surface area contributed by atoms with Crippen LogP contribution in [0.3, 0.4) is 0 Å². The first-order valence-electron chi connectivity index (χ1n) is 22.6. The average molecular weight is 831 g/mol. The standard InChI is InChI=1S/C63H46N2/c1-63(2)58-23-10-6-20-54(58)55-40-33-48(42-59(55)63)46-31-38-52(39-32-46)64(50-34-27-44(28-35-50)43-15-4-3-5-16-43)51-36-29-45(30-37-51)47-17-14-18-49(41-47)53-19-7-11-24-60(53)65-61-25-12-8-21-56(61)57-22-9-13-26-62(57)65/h3-42H,1-2H3. The van der Waals surface area contributed by atoms with Crippen LogP contribution in [-0.4, -0.2) is 4.57 Å². The van der Waals surface area contributed by atoms with Crippen LogP contribution in [0.4, 0.5) is 17.1 Å². The van der Waals surface area contributed by atoms with E-state index in [4.69, 9.17) is 0 Å². The van der Waals surface area contributed by atoms with Crippen molar-refractivity contribution < 1.29 is 0 Å². The van der Waals surface area contributed by atoms with Crippen LogP contribution >= 0.6 is 0 Å². The van der Waals surface area contributed by atoms with Crippen molar-refractivity contribution in [2.24, 2.45) is 0 Å². The third kappa shape index (κ3) is 6.57. The zero-order valence-corrected chi connectivity index (χ0v) is 36.5. The molecule has 2 heteroatoms. The van der Waals surface area contributed by atoms with Gasteiger partial charge in [-0.1, -0.05) is 190 Å². The van der Waals surface area contributed by atoms with Gasteiger partial charge in [-0.2, -0.15) is 0 Å². The van der Waals surface area contributed by atoms with Crippen LogP contribution in [0.5, 0.6) is 0 Å². The third-order valence-electron chi connectivity index (χ3n) is 13.6. The van der Waals surface area contributed by atoms with Crippen molar-refractivity contribution in [2.45, 2.75) is 19.3 Å². The highest BCUT2D eigenvalue weighted by atomic mass is 15.1. The Bertz CT molecular complexity index is 3490. The zero-order chi connectivity index (χ0) is 43.5. The van der Waals surface area contributed by atoms with E-state index in [2.05, 4.69) is 266 Å². The average Bonchev–Trinajstić information content (AvgIpc) is 3.83. The van der Waals surface area contributed by atoms with Crippen LogP contribution in [0.15, 0.2) is 243 Å². The summed E-state index contributed by atoms with van der Waals surface area (Å²) in [6.07, 6.45) is 0. The molecule has 10 aromatic carbocycles. The first-order valence-corrected chi connectivity index (χ1v) is 22.6. The van der Waals surface area contributed by atoms with Gasteiger partial charge < -0.3 is 9.47 Å². The maximum atomic E-state index is 2.42. The largest absolute Gasteiger partial charge is 0.311 e.